The van der Waals surface area contributed by atoms with Crippen LogP contribution in [0.1, 0.15) is 5.69 Å². The van der Waals surface area contributed by atoms with Gasteiger partial charge in [0.25, 0.3) is 0 Å². The summed E-state index contributed by atoms with van der Waals surface area (Å²) < 4.78 is 0. The molecule has 1 aromatic heterocycles. The van der Waals surface area contributed by atoms with E-state index in [-0.39, 0.29) is 5.76 Å². The maximum atomic E-state index is 8.77. The van der Waals surface area contributed by atoms with Gasteiger partial charge in [0.1, 0.15) is 0 Å². The number of nitrogens with zero attached hydrogens (tertiary/aromatic N) is 1. The van der Waals surface area contributed by atoms with Gasteiger partial charge >= 0.3 is 0 Å². The molecule has 1 aromatic rings. The number of aliphatic hydroxyl groups excluding tert-OH is 1. The fraction of sp³-hybridized carbons (Fsp3) is 0.125. The molecule has 0 saturated carbocycles. The van der Waals surface area contributed by atoms with Crippen molar-refractivity contribution in [1.82, 2.24) is 4.98 Å². The molecular weight excluding hydrogens is 126 g/mol. The van der Waals surface area contributed by atoms with Crippen LogP contribution in [0.15, 0.2) is 36.7 Å². The van der Waals surface area contributed by atoms with Gasteiger partial charge < -0.3 is 5.11 Å². The fourth-order valence-corrected chi connectivity index (χ4v) is 0.712. The second-order valence-electron chi connectivity index (χ2n) is 2.06. The lowest BCUT2D eigenvalue weighted by molar-refractivity contribution is 0.400. The Morgan fingerprint density at radius 1 is 1.60 bits per heavy atom. The van der Waals surface area contributed by atoms with Crippen LogP contribution >= 0.6 is 0 Å². The van der Waals surface area contributed by atoms with Gasteiger partial charge in [-0.2, -0.15) is 0 Å². The summed E-state index contributed by atoms with van der Waals surface area (Å²) in [6.07, 6.45) is 2.14. The highest BCUT2D eigenvalue weighted by atomic mass is 16.3. The van der Waals surface area contributed by atoms with E-state index in [9.17, 15) is 0 Å². The summed E-state index contributed by atoms with van der Waals surface area (Å²) >= 11 is 0. The highest BCUT2D eigenvalue weighted by molar-refractivity contribution is 5.08. The van der Waals surface area contributed by atoms with Gasteiger partial charge in [0.2, 0.25) is 0 Å². The van der Waals surface area contributed by atoms with Crippen LogP contribution in [0.3, 0.4) is 0 Å². The molecule has 10 heavy (non-hydrogen) atoms. The third-order valence-electron chi connectivity index (χ3n) is 1.11. The minimum Gasteiger partial charge on any atom is -0.513 e. The van der Waals surface area contributed by atoms with E-state index in [2.05, 4.69) is 11.6 Å². The monoisotopic (exact) mass is 135 g/mol. The molecule has 0 aliphatic heterocycles. The molecule has 0 aromatic carbocycles. The molecule has 2 nitrogen and oxygen atoms in total. The zero-order valence-electron chi connectivity index (χ0n) is 5.62. The van der Waals surface area contributed by atoms with E-state index >= 15 is 0 Å². The van der Waals surface area contributed by atoms with Crippen molar-refractivity contribution in [2.75, 3.05) is 0 Å². The van der Waals surface area contributed by atoms with Crippen molar-refractivity contribution in [3.8, 4) is 0 Å². The molecule has 0 aliphatic carbocycles. The van der Waals surface area contributed by atoms with Gasteiger partial charge in [0.05, 0.1) is 5.76 Å². The first-order chi connectivity index (χ1) is 4.79. The van der Waals surface area contributed by atoms with Gasteiger partial charge in [-0.25, -0.2) is 0 Å². The number of rotatable bonds is 2. The molecule has 0 unspecified atom stereocenters. The average molecular weight is 135 g/mol. The van der Waals surface area contributed by atoms with Crippen molar-refractivity contribution in [2.24, 2.45) is 0 Å². The van der Waals surface area contributed by atoms with Crippen LogP contribution in [0.5, 0.6) is 0 Å². The summed E-state index contributed by atoms with van der Waals surface area (Å²) in [4.78, 5) is 4.00. The zero-order valence-corrected chi connectivity index (χ0v) is 5.62. The smallest absolute Gasteiger partial charge is 0.0910 e. The molecule has 52 valence electrons. The SMILES string of the molecule is C=C(O)Cc1ccccn1. The molecule has 2 heteroatoms. The maximum absolute atomic E-state index is 8.77. The fourth-order valence-electron chi connectivity index (χ4n) is 0.712. The molecular formula is C8H9NO. The van der Waals surface area contributed by atoms with Gasteiger partial charge in [0, 0.05) is 18.3 Å². The zero-order chi connectivity index (χ0) is 7.40. The van der Waals surface area contributed by atoms with Crippen molar-refractivity contribution in [3.63, 3.8) is 0 Å². The molecule has 0 amide bonds. The maximum Gasteiger partial charge on any atom is 0.0910 e. The number of aliphatic hydroxyl groups is 1. The molecule has 0 aliphatic rings. The third kappa shape index (κ3) is 1.90. The van der Waals surface area contributed by atoms with Gasteiger partial charge in [-0.15, -0.1) is 0 Å². The first-order valence-corrected chi connectivity index (χ1v) is 3.05. The van der Waals surface area contributed by atoms with E-state index in [1.807, 2.05) is 18.2 Å². The molecule has 0 atom stereocenters. The summed E-state index contributed by atoms with van der Waals surface area (Å²) in [6, 6.07) is 5.57. The minimum absolute atomic E-state index is 0.152. The van der Waals surface area contributed by atoms with Crippen molar-refractivity contribution in [1.29, 1.82) is 0 Å². The van der Waals surface area contributed by atoms with Crippen molar-refractivity contribution in [2.45, 2.75) is 6.42 Å². The lowest BCUT2D eigenvalue weighted by Crippen LogP contribution is -1.89. The van der Waals surface area contributed by atoms with Gasteiger partial charge in [0.15, 0.2) is 0 Å². The number of aromatic nitrogens is 1. The molecule has 0 bridgehead atoms. The van der Waals surface area contributed by atoms with Crippen LogP contribution in [0, 0.1) is 0 Å². The predicted octanol–water partition coefficient (Wildman–Crippen LogP) is 1.70. The molecule has 0 fully saturated rings. The normalized spacial score (nSPS) is 9.20. The van der Waals surface area contributed by atoms with Crippen LogP contribution in [0.2, 0.25) is 0 Å². The third-order valence-corrected chi connectivity index (χ3v) is 1.11. The van der Waals surface area contributed by atoms with E-state index in [4.69, 9.17) is 5.11 Å². The van der Waals surface area contributed by atoms with E-state index < -0.39 is 0 Å². The van der Waals surface area contributed by atoms with Crippen LogP contribution in [0.4, 0.5) is 0 Å². The molecule has 1 heterocycles. The Labute approximate surface area is 59.9 Å². The first-order valence-electron chi connectivity index (χ1n) is 3.05. The van der Waals surface area contributed by atoms with Crippen molar-refractivity contribution >= 4 is 0 Å². The Kier molecular flexibility index (Phi) is 2.05. The van der Waals surface area contributed by atoms with Crippen LogP contribution in [0.25, 0.3) is 0 Å². The summed E-state index contributed by atoms with van der Waals surface area (Å²) in [5.41, 5.74) is 0.843. The summed E-state index contributed by atoms with van der Waals surface area (Å²) in [5, 5.41) is 8.77. The van der Waals surface area contributed by atoms with Gasteiger partial charge in [-0.1, -0.05) is 12.6 Å². The molecule has 0 spiro atoms. The van der Waals surface area contributed by atoms with E-state index in [1.54, 1.807) is 6.20 Å². The number of pyridine rings is 1. The van der Waals surface area contributed by atoms with Gasteiger partial charge in [-0.05, 0) is 12.1 Å². The highest BCUT2D eigenvalue weighted by Gasteiger charge is 1.92. The Morgan fingerprint density at radius 3 is 2.90 bits per heavy atom. The quantitative estimate of drug-likeness (QED) is 0.626. The highest BCUT2D eigenvalue weighted by Crippen LogP contribution is 1.98. The van der Waals surface area contributed by atoms with Crippen molar-refractivity contribution in [3.05, 3.63) is 42.4 Å². The van der Waals surface area contributed by atoms with Crippen LogP contribution in [-0.2, 0) is 6.42 Å². The second kappa shape index (κ2) is 3.01. The van der Waals surface area contributed by atoms with E-state index in [1.165, 1.54) is 0 Å². The largest absolute Gasteiger partial charge is 0.513 e. The van der Waals surface area contributed by atoms with E-state index in [0.717, 1.165) is 5.69 Å². The number of hydrogen-bond donors (Lipinski definition) is 1. The Hall–Kier alpha value is -1.31. The Morgan fingerprint density at radius 2 is 2.40 bits per heavy atom. The summed E-state index contributed by atoms with van der Waals surface area (Å²) in [6.45, 7) is 3.37. The average Bonchev–Trinajstić information content (AvgIpc) is 1.88. The number of hydrogen-bond acceptors (Lipinski definition) is 2. The Balaban J connectivity index is 2.67. The number of allylic oxidation sites excluding steroid dienone is 1. The van der Waals surface area contributed by atoms with Crippen molar-refractivity contribution < 1.29 is 5.11 Å². The van der Waals surface area contributed by atoms with Crippen LogP contribution < -0.4 is 0 Å². The second-order valence-corrected chi connectivity index (χ2v) is 2.06. The molecule has 1 rings (SSSR count). The molecule has 0 saturated heterocycles. The Bertz CT molecular complexity index is 218. The first kappa shape index (κ1) is 6.81. The standard InChI is InChI=1S/C8H9NO/c1-7(10)6-8-4-2-3-5-9-8/h2-5,10H,1,6H2. The summed E-state index contributed by atoms with van der Waals surface area (Å²) in [7, 11) is 0. The topological polar surface area (TPSA) is 33.1 Å². The molecule has 1 N–H and O–H groups in total. The molecule has 0 radical (unpaired) electrons. The van der Waals surface area contributed by atoms with Crippen LogP contribution in [-0.4, -0.2) is 10.1 Å². The summed E-state index contributed by atoms with van der Waals surface area (Å²) in [5.74, 6) is 0.152. The lowest BCUT2D eigenvalue weighted by Gasteiger charge is -1.95. The van der Waals surface area contributed by atoms with E-state index in [0.29, 0.717) is 6.42 Å². The van der Waals surface area contributed by atoms with Gasteiger partial charge in [-0.3, -0.25) is 4.98 Å². The lowest BCUT2D eigenvalue weighted by atomic mass is 10.2. The minimum atomic E-state index is 0.152. The predicted molar refractivity (Wildman–Crippen MR) is 39.7 cm³/mol.